The molecule has 1 unspecified atom stereocenters. The first-order chi connectivity index (χ1) is 9.57. The van der Waals surface area contributed by atoms with Gasteiger partial charge in [0.15, 0.2) is 5.79 Å². The highest BCUT2D eigenvalue weighted by Gasteiger charge is 2.52. The Hall–Kier alpha value is -0.163. The van der Waals surface area contributed by atoms with Gasteiger partial charge in [-0.1, -0.05) is 46.5 Å². The molecule has 1 N–H and O–H groups in total. The van der Waals surface area contributed by atoms with E-state index in [0.29, 0.717) is 0 Å². The van der Waals surface area contributed by atoms with E-state index in [2.05, 4.69) is 46.5 Å². The summed E-state index contributed by atoms with van der Waals surface area (Å²) in [7, 11) is -1.39. The molecule has 1 rings (SSSR count). The van der Waals surface area contributed by atoms with Gasteiger partial charge in [-0.25, -0.2) is 0 Å². The number of allylic oxidation sites excluding steroid dienone is 1. The molecule has 1 heterocycles. The lowest BCUT2D eigenvalue weighted by Crippen LogP contribution is -2.62. The predicted octanol–water partition coefficient (Wildman–Crippen LogP) is 4.59. The summed E-state index contributed by atoms with van der Waals surface area (Å²) in [5, 5.41) is 11.5. The summed E-state index contributed by atoms with van der Waals surface area (Å²) < 4.78 is 11.9. The number of hydrogen-bond acceptors (Lipinski definition) is 3. The zero-order valence-electron chi connectivity index (χ0n) is 16.2. The second kappa shape index (κ2) is 6.04. The maximum atomic E-state index is 11.5. The third-order valence-corrected chi connectivity index (χ3v) is 5.44. The Labute approximate surface area is 138 Å². The summed E-state index contributed by atoms with van der Waals surface area (Å²) in [6.45, 7) is 21.2. The summed E-state index contributed by atoms with van der Waals surface area (Å²) in [6.07, 6.45) is 1.64. The Morgan fingerprint density at radius 1 is 1.09 bits per heavy atom. The van der Waals surface area contributed by atoms with Crippen molar-refractivity contribution in [2.45, 2.75) is 97.7 Å². The molecular formula is C18H36O3Si. The van der Waals surface area contributed by atoms with Crippen molar-refractivity contribution in [2.75, 3.05) is 0 Å². The molecule has 130 valence electrons. The number of aliphatic hydroxyl groups is 1. The second-order valence-corrected chi connectivity index (χ2v) is 15.0. The zero-order valence-corrected chi connectivity index (χ0v) is 17.2. The Balaban J connectivity index is 3.31. The van der Waals surface area contributed by atoms with Gasteiger partial charge in [-0.15, -0.1) is 0 Å². The van der Waals surface area contributed by atoms with Gasteiger partial charge in [0.1, 0.15) is 5.60 Å². The minimum Gasteiger partial charge on any atom is -0.380 e. The normalized spacial score (nSPS) is 33.9. The van der Waals surface area contributed by atoms with Crippen LogP contribution in [0.5, 0.6) is 0 Å². The van der Waals surface area contributed by atoms with Crippen LogP contribution in [-0.4, -0.2) is 36.8 Å². The molecule has 22 heavy (non-hydrogen) atoms. The van der Waals surface area contributed by atoms with Crippen LogP contribution in [0, 0.1) is 5.41 Å². The fourth-order valence-electron chi connectivity index (χ4n) is 3.31. The lowest BCUT2D eigenvalue weighted by Gasteiger charge is -2.51. The van der Waals surface area contributed by atoms with Crippen molar-refractivity contribution >= 4 is 8.07 Å². The molecule has 0 radical (unpaired) electrons. The molecule has 1 saturated heterocycles. The van der Waals surface area contributed by atoms with Crippen LogP contribution in [-0.2, 0) is 9.47 Å². The summed E-state index contributed by atoms with van der Waals surface area (Å²) in [5.74, 6) is -0.656. The lowest BCUT2D eigenvalue weighted by molar-refractivity contribution is -0.346. The van der Waals surface area contributed by atoms with Gasteiger partial charge in [0.25, 0.3) is 0 Å². The molecule has 0 bridgehead atoms. The maximum Gasteiger partial charge on any atom is 0.163 e. The molecule has 3 nitrogen and oxygen atoms in total. The first kappa shape index (κ1) is 19.9. The summed E-state index contributed by atoms with van der Waals surface area (Å²) in [4.78, 5) is 0. The van der Waals surface area contributed by atoms with E-state index in [1.165, 1.54) is 0 Å². The van der Waals surface area contributed by atoms with Crippen LogP contribution in [0.25, 0.3) is 0 Å². The molecule has 1 fully saturated rings. The minimum atomic E-state index is -1.39. The Morgan fingerprint density at radius 2 is 1.50 bits per heavy atom. The Morgan fingerprint density at radius 3 is 1.82 bits per heavy atom. The Kier molecular flexibility index (Phi) is 5.46. The number of hydrogen-bond donors (Lipinski definition) is 1. The highest BCUT2D eigenvalue weighted by atomic mass is 28.3. The van der Waals surface area contributed by atoms with Crippen molar-refractivity contribution in [2.24, 2.45) is 5.41 Å². The molecule has 0 saturated carbocycles. The van der Waals surface area contributed by atoms with E-state index in [1.807, 2.05) is 27.7 Å². The van der Waals surface area contributed by atoms with Crippen LogP contribution in [0.4, 0.5) is 0 Å². The van der Waals surface area contributed by atoms with E-state index < -0.39 is 19.5 Å². The van der Waals surface area contributed by atoms with Gasteiger partial charge in [0.05, 0.1) is 12.2 Å². The van der Waals surface area contributed by atoms with E-state index >= 15 is 0 Å². The van der Waals surface area contributed by atoms with E-state index in [0.717, 1.165) is 11.6 Å². The fraction of sp³-hybridized carbons (Fsp3) is 0.889. The molecular weight excluding hydrogens is 292 g/mol. The molecule has 0 aromatic rings. The third kappa shape index (κ3) is 4.92. The third-order valence-electron chi connectivity index (χ3n) is 4.00. The van der Waals surface area contributed by atoms with Crippen LogP contribution in [0.3, 0.4) is 0 Å². The smallest absolute Gasteiger partial charge is 0.163 e. The van der Waals surface area contributed by atoms with Gasteiger partial charge < -0.3 is 14.6 Å². The molecule has 1 aliphatic heterocycles. The standard InChI is InChI=1S/C18H36O3Si/c1-13-18(19,14(2)21-17(6,7)20-13)15(11-16(3,4)5)12-22(8,9)10/h11,13-14,19H,12H2,1-10H3/b15-11+/t13-,14+,18?. The van der Waals surface area contributed by atoms with E-state index in [1.54, 1.807) is 0 Å². The maximum absolute atomic E-state index is 11.5. The van der Waals surface area contributed by atoms with Crippen molar-refractivity contribution in [3.63, 3.8) is 0 Å². The molecule has 0 spiro atoms. The average molecular weight is 329 g/mol. The van der Waals surface area contributed by atoms with Crippen molar-refractivity contribution < 1.29 is 14.6 Å². The second-order valence-electron chi connectivity index (χ2n) is 9.52. The van der Waals surface area contributed by atoms with Gasteiger partial charge in [0, 0.05) is 8.07 Å². The largest absolute Gasteiger partial charge is 0.380 e. The van der Waals surface area contributed by atoms with Gasteiger partial charge in [-0.3, -0.25) is 0 Å². The van der Waals surface area contributed by atoms with Crippen LogP contribution < -0.4 is 0 Å². The van der Waals surface area contributed by atoms with E-state index in [9.17, 15) is 5.11 Å². The monoisotopic (exact) mass is 328 g/mol. The molecule has 0 aliphatic carbocycles. The molecule has 1 aliphatic rings. The van der Waals surface area contributed by atoms with Gasteiger partial charge >= 0.3 is 0 Å². The van der Waals surface area contributed by atoms with Crippen LogP contribution >= 0.6 is 0 Å². The number of rotatable bonds is 3. The van der Waals surface area contributed by atoms with Crippen LogP contribution in [0.15, 0.2) is 11.6 Å². The van der Waals surface area contributed by atoms with E-state index in [4.69, 9.17) is 9.47 Å². The molecule has 0 amide bonds. The minimum absolute atomic E-state index is 0.0110. The average Bonchev–Trinajstić information content (AvgIpc) is 2.19. The van der Waals surface area contributed by atoms with Gasteiger partial charge in [-0.05, 0) is 44.7 Å². The Bertz CT molecular complexity index is 413. The SMILES string of the molecule is C[C@@H]1OC(C)(C)O[C@H](C)C1(O)/C(=C/C(C)(C)C)C[Si](C)(C)C. The highest BCUT2D eigenvalue weighted by Crippen LogP contribution is 2.42. The molecule has 3 atom stereocenters. The molecule has 4 heteroatoms. The first-order valence-electron chi connectivity index (χ1n) is 8.37. The number of ether oxygens (including phenoxy) is 2. The van der Waals surface area contributed by atoms with Crippen molar-refractivity contribution in [3.8, 4) is 0 Å². The highest BCUT2D eigenvalue weighted by molar-refractivity contribution is 6.76. The quantitative estimate of drug-likeness (QED) is 0.608. The van der Waals surface area contributed by atoms with E-state index in [-0.39, 0.29) is 17.6 Å². The fourth-order valence-corrected chi connectivity index (χ4v) is 4.84. The predicted molar refractivity (Wildman–Crippen MR) is 95.8 cm³/mol. The van der Waals surface area contributed by atoms with Gasteiger partial charge in [-0.2, -0.15) is 0 Å². The lowest BCUT2D eigenvalue weighted by atomic mass is 9.79. The zero-order chi connectivity index (χ0) is 17.6. The van der Waals surface area contributed by atoms with Crippen molar-refractivity contribution in [1.29, 1.82) is 0 Å². The molecule has 0 aromatic heterocycles. The summed E-state index contributed by atoms with van der Waals surface area (Å²) in [5.41, 5.74) is 0.0230. The first-order valence-corrected chi connectivity index (χ1v) is 12.1. The van der Waals surface area contributed by atoms with Crippen molar-refractivity contribution in [3.05, 3.63) is 11.6 Å². The van der Waals surface area contributed by atoms with Crippen LogP contribution in [0.1, 0.15) is 48.5 Å². The van der Waals surface area contributed by atoms with Crippen LogP contribution in [0.2, 0.25) is 25.7 Å². The molecule has 0 aromatic carbocycles. The summed E-state index contributed by atoms with van der Waals surface area (Å²) >= 11 is 0. The summed E-state index contributed by atoms with van der Waals surface area (Å²) in [6, 6.07) is 0.947. The van der Waals surface area contributed by atoms with Crippen molar-refractivity contribution in [1.82, 2.24) is 0 Å². The van der Waals surface area contributed by atoms with Gasteiger partial charge in [0.2, 0.25) is 0 Å². The topological polar surface area (TPSA) is 38.7 Å².